The van der Waals surface area contributed by atoms with Gasteiger partial charge in [0.05, 0.1) is 5.60 Å². The maximum absolute atomic E-state index is 4.94. The van der Waals surface area contributed by atoms with Gasteiger partial charge in [0.25, 0.3) is 0 Å². The van der Waals surface area contributed by atoms with Crippen LogP contribution in [-0.2, 0) is 4.74 Å². The Morgan fingerprint density at radius 2 is 1.79 bits per heavy atom. The van der Waals surface area contributed by atoms with Crippen LogP contribution in [0.4, 0.5) is 0 Å². The molecule has 1 N–H and O–H groups in total. The second-order valence-electron chi connectivity index (χ2n) is 5.75. The van der Waals surface area contributed by atoms with Gasteiger partial charge < -0.3 is 15.1 Å². The van der Waals surface area contributed by atoms with Crippen LogP contribution in [-0.4, -0.2) is 57.3 Å². The number of piperidine rings is 1. The Balaban J connectivity index is 0.000000459. The molecule has 0 amide bonds. The highest BCUT2D eigenvalue weighted by molar-refractivity contribution is 5.88. The van der Waals surface area contributed by atoms with Crippen molar-refractivity contribution in [2.45, 2.75) is 39.2 Å². The Morgan fingerprint density at radius 1 is 1.32 bits per heavy atom. The van der Waals surface area contributed by atoms with E-state index < -0.39 is 0 Å². The Morgan fingerprint density at radius 3 is 2.11 bits per heavy atom. The van der Waals surface area contributed by atoms with Gasteiger partial charge in [-0.05, 0) is 60.5 Å². The van der Waals surface area contributed by atoms with Gasteiger partial charge in [0.15, 0.2) is 5.84 Å². The molecular weight excluding hydrogens is 240 g/mol. The molecule has 0 atom stereocenters. The minimum atomic E-state index is 0.0417. The third kappa shape index (κ3) is 8.72. The molecule has 5 heteroatoms. The van der Waals surface area contributed by atoms with E-state index in [0.717, 1.165) is 31.8 Å². The summed E-state index contributed by atoms with van der Waals surface area (Å²) in [6.45, 7) is 11.9. The van der Waals surface area contributed by atoms with E-state index in [1.165, 1.54) is 0 Å². The van der Waals surface area contributed by atoms with Crippen molar-refractivity contribution in [1.82, 2.24) is 10.3 Å². The first kappa shape index (κ1) is 18.1. The normalized spacial score (nSPS) is 18.5. The van der Waals surface area contributed by atoms with Gasteiger partial charge in [-0.3, -0.25) is 0 Å². The number of ether oxygens (including phenoxy) is 1. The minimum Gasteiger partial charge on any atom is -0.379 e. The molecule has 112 valence electrons. The SMILES string of the molecule is C=N/C(=N\NC)C1CCN(C)CC1.COC(C)(C)C. The van der Waals surface area contributed by atoms with Crippen LogP contribution in [0.15, 0.2) is 10.1 Å². The topological polar surface area (TPSA) is 49.2 Å². The number of methoxy groups -OCH3 is 1. The zero-order valence-corrected chi connectivity index (χ0v) is 13.4. The first-order valence-electron chi connectivity index (χ1n) is 6.78. The van der Waals surface area contributed by atoms with Crippen molar-refractivity contribution < 1.29 is 4.74 Å². The number of aliphatic imine (C=N–C) groups is 1. The lowest BCUT2D eigenvalue weighted by Crippen LogP contribution is -2.33. The van der Waals surface area contributed by atoms with E-state index in [1.807, 2.05) is 20.8 Å². The predicted molar refractivity (Wildman–Crippen MR) is 83.0 cm³/mol. The quantitative estimate of drug-likeness (QED) is 0.474. The van der Waals surface area contributed by atoms with Crippen molar-refractivity contribution in [3.05, 3.63) is 0 Å². The van der Waals surface area contributed by atoms with E-state index in [2.05, 4.69) is 34.2 Å². The molecule has 0 aromatic heterocycles. The first-order chi connectivity index (χ1) is 8.84. The van der Waals surface area contributed by atoms with Crippen LogP contribution in [0, 0.1) is 5.92 Å². The lowest BCUT2D eigenvalue weighted by Gasteiger charge is -2.28. The molecule has 1 saturated heterocycles. The molecule has 0 unspecified atom stereocenters. The summed E-state index contributed by atoms with van der Waals surface area (Å²) < 4.78 is 4.94. The van der Waals surface area contributed by atoms with Crippen molar-refractivity contribution in [3.63, 3.8) is 0 Å². The molecule has 1 aliphatic heterocycles. The number of nitrogens with zero attached hydrogens (tertiary/aromatic N) is 3. The van der Waals surface area contributed by atoms with Crippen LogP contribution >= 0.6 is 0 Å². The molecule has 1 heterocycles. The van der Waals surface area contributed by atoms with Gasteiger partial charge in [0.2, 0.25) is 0 Å². The molecule has 1 fully saturated rings. The fourth-order valence-corrected chi connectivity index (χ4v) is 1.64. The molecule has 0 spiro atoms. The highest BCUT2D eigenvalue weighted by atomic mass is 16.5. The van der Waals surface area contributed by atoms with Crippen LogP contribution in [0.1, 0.15) is 33.6 Å². The summed E-state index contributed by atoms with van der Waals surface area (Å²) in [5.41, 5.74) is 2.81. The largest absolute Gasteiger partial charge is 0.379 e. The minimum absolute atomic E-state index is 0.0417. The molecule has 0 aromatic carbocycles. The van der Waals surface area contributed by atoms with Crippen LogP contribution in [0.2, 0.25) is 0 Å². The van der Waals surface area contributed by atoms with Gasteiger partial charge >= 0.3 is 0 Å². The molecule has 0 radical (unpaired) electrons. The summed E-state index contributed by atoms with van der Waals surface area (Å²) in [6, 6.07) is 0. The molecule has 1 aliphatic rings. The van der Waals surface area contributed by atoms with Gasteiger partial charge in [-0.25, -0.2) is 4.99 Å². The summed E-state index contributed by atoms with van der Waals surface area (Å²) in [5, 5.41) is 4.11. The Bertz CT molecular complexity index is 276. The van der Waals surface area contributed by atoms with E-state index in [4.69, 9.17) is 4.74 Å². The summed E-state index contributed by atoms with van der Waals surface area (Å²) in [6.07, 6.45) is 2.27. The number of hydrogen-bond donors (Lipinski definition) is 1. The van der Waals surface area contributed by atoms with Crippen LogP contribution in [0.5, 0.6) is 0 Å². The van der Waals surface area contributed by atoms with Gasteiger partial charge in [-0.15, -0.1) is 0 Å². The van der Waals surface area contributed by atoms with Crippen molar-refractivity contribution in [1.29, 1.82) is 0 Å². The third-order valence-electron chi connectivity index (χ3n) is 3.08. The molecule has 1 rings (SSSR count). The van der Waals surface area contributed by atoms with Crippen molar-refractivity contribution in [2.75, 3.05) is 34.3 Å². The molecule has 5 nitrogen and oxygen atoms in total. The van der Waals surface area contributed by atoms with Gasteiger partial charge in [0, 0.05) is 20.1 Å². The summed E-state index contributed by atoms with van der Waals surface area (Å²) in [7, 11) is 5.65. The first-order valence-corrected chi connectivity index (χ1v) is 6.78. The molecular formula is C14H30N4O. The smallest absolute Gasteiger partial charge is 0.150 e. The number of hydrazone groups is 1. The zero-order valence-electron chi connectivity index (χ0n) is 13.4. The lowest BCUT2D eigenvalue weighted by atomic mass is 9.96. The second-order valence-corrected chi connectivity index (χ2v) is 5.75. The Labute approximate surface area is 118 Å². The van der Waals surface area contributed by atoms with E-state index >= 15 is 0 Å². The molecule has 0 aliphatic carbocycles. The zero-order chi connectivity index (χ0) is 14.9. The highest BCUT2D eigenvalue weighted by Gasteiger charge is 2.20. The second kappa shape index (κ2) is 9.04. The van der Waals surface area contributed by atoms with Gasteiger partial charge in [0.1, 0.15) is 0 Å². The van der Waals surface area contributed by atoms with Crippen molar-refractivity contribution >= 4 is 12.6 Å². The number of hydrogen-bond acceptors (Lipinski definition) is 4. The summed E-state index contributed by atoms with van der Waals surface area (Å²) in [4.78, 5) is 6.28. The van der Waals surface area contributed by atoms with E-state index in [1.54, 1.807) is 14.2 Å². The third-order valence-corrected chi connectivity index (χ3v) is 3.08. The summed E-state index contributed by atoms with van der Waals surface area (Å²) in [5.74, 6) is 1.34. The lowest BCUT2D eigenvalue weighted by molar-refractivity contribution is 0.0397. The van der Waals surface area contributed by atoms with Gasteiger partial charge in [-0.2, -0.15) is 5.10 Å². The standard InChI is InChI=1S/C9H18N4.C5H12O/c1-10-9(12-11-2)8-4-6-13(3)7-5-8;1-5(2,3)6-4/h8,11H,1,4-7H2,2-3H3;1-4H3/b12-9-;. The predicted octanol–water partition coefficient (Wildman–Crippen LogP) is 1.99. The van der Waals surface area contributed by atoms with E-state index in [-0.39, 0.29) is 5.60 Å². The maximum Gasteiger partial charge on any atom is 0.150 e. The van der Waals surface area contributed by atoms with E-state index in [0.29, 0.717) is 5.92 Å². The molecule has 0 saturated carbocycles. The van der Waals surface area contributed by atoms with Crippen molar-refractivity contribution in [2.24, 2.45) is 16.0 Å². The maximum atomic E-state index is 4.94. The Kier molecular flexibility index (Phi) is 8.59. The number of likely N-dealkylation sites (tertiary alicyclic amines) is 1. The van der Waals surface area contributed by atoms with Crippen LogP contribution in [0.25, 0.3) is 0 Å². The highest BCUT2D eigenvalue weighted by Crippen LogP contribution is 2.17. The molecule has 19 heavy (non-hydrogen) atoms. The number of nitrogens with one attached hydrogen (secondary N) is 1. The van der Waals surface area contributed by atoms with Crippen molar-refractivity contribution in [3.8, 4) is 0 Å². The Hall–Kier alpha value is -0.940. The average molecular weight is 270 g/mol. The van der Waals surface area contributed by atoms with E-state index in [9.17, 15) is 0 Å². The fourth-order valence-electron chi connectivity index (χ4n) is 1.64. The monoisotopic (exact) mass is 270 g/mol. The average Bonchev–Trinajstić information content (AvgIpc) is 2.37. The molecule has 0 bridgehead atoms. The van der Waals surface area contributed by atoms with Crippen LogP contribution in [0.3, 0.4) is 0 Å². The fraction of sp³-hybridized carbons (Fsp3) is 0.857. The number of rotatable bonds is 2. The molecule has 0 aromatic rings. The van der Waals surface area contributed by atoms with Gasteiger partial charge in [-0.1, -0.05) is 0 Å². The number of amidine groups is 1. The van der Waals surface area contributed by atoms with Crippen LogP contribution < -0.4 is 5.43 Å². The summed E-state index contributed by atoms with van der Waals surface area (Å²) >= 11 is 0.